The van der Waals surface area contributed by atoms with E-state index in [2.05, 4.69) is 19.7 Å². The Kier molecular flexibility index (Phi) is 17.0. The van der Waals surface area contributed by atoms with Crippen molar-refractivity contribution in [3.8, 4) is 0 Å². The second-order valence-electron chi connectivity index (χ2n) is 16.0. The molecular formula is C27H58O26Si12. The Morgan fingerprint density at radius 1 is 0.369 bits per heavy atom. The first-order chi connectivity index (χ1) is 29.7. The summed E-state index contributed by atoms with van der Waals surface area (Å²) in [5, 5.41) is 0. The number of carbonyl (C=O) groups excluding carboxylic acids is 3. The van der Waals surface area contributed by atoms with Crippen LogP contribution in [0.25, 0.3) is 0 Å². The lowest BCUT2D eigenvalue weighted by molar-refractivity contribution is -0.138. The van der Waals surface area contributed by atoms with Crippen molar-refractivity contribution in [3.63, 3.8) is 0 Å². The van der Waals surface area contributed by atoms with Gasteiger partial charge in [-0.1, -0.05) is 19.7 Å². The van der Waals surface area contributed by atoms with Crippen molar-refractivity contribution >= 4 is 124 Å². The van der Waals surface area contributed by atoms with Crippen molar-refractivity contribution in [1.29, 1.82) is 0 Å². The molecule has 5 aliphatic rings. The Labute approximate surface area is 389 Å². The Balaban J connectivity index is 1.75. The highest BCUT2D eigenvalue weighted by Crippen LogP contribution is 2.48. The molecule has 4 N–H and O–H groups in total. The third kappa shape index (κ3) is 15.2. The summed E-state index contributed by atoms with van der Waals surface area (Å²) in [6, 6.07) is -0.689. The summed E-state index contributed by atoms with van der Waals surface area (Å²) in [5.74, 6) is -2.18. The third-order valence-electron chi connectivity index (χ3n) is 8.81. The van der Waals surface area contributed by atoms with Gasteiger partial charge in [0.05, 0.1) is 19.8 Å². The molecule has 0 spiro atoms. The predicted octanol–water partition coefficient (Wildman–Crippen LogP) is 0.582. The summed E-state index contributed by atoms with van der Waals surface area (Å²) >= 11 is 0. The first-order valence-corrected chi connectivity index (χ1v) is 46.1. The van der Waals surface area contributed by atoms with Gasteiger partial charge in [0, 0.05) is 95.3 Å². The monoisotopic (exact) mass is 1130 g/mol. The highest BCUT2D eigenvalue weighted by Gasteiger charge is 2.77. The smallest absolute Gasteiger partial charge is 0.463 e. The molecule has 5 rings (SSSR count). The van der Waals surface area contributed by atoms with Gasteiger partial charge in [-0.3, -0.25) is 0 Å². The zero-order chi connectivity index (χ0) is 48.7. The van der Waals surface area contributed by atoms with Crippen LogP contribution in [0.4, 0.5) is 0 Å². The number of hydrogen-bond donors (Lipinski definition) is 4. The van der Waals surface area contributed by atoms with E-state index in [0.29, 0.717) is 0 Å². The average Bonchev–Trinajstić information content (AvgIpc) is 3.07. The number of ether oxygens (including phenoxy) is 3. The molecule has 0 saturated carbocycles. The Hall–Kier alpha value is -0.567. The van der Waals surface area contributed by atoms with Crippen LogP contribution in [-0.2, 0) is 94.4 Å². The van der Waals surface area contributed by atoms with Gasteiger partial charge in [0.25, 0.3) is 0 Å². The van der Waals surface area contributed by atoms with Crippen LogP contribution in [0.3, 0.4) is 0 Å². The van der Waals surface area contributed by atoms with Crippen LogP contribution in [0.2, 0.25) is 77.1 Å². The maximum Gasteiger partial charge on any atom is 0.480 e. The van der Waals surface area contributed by atoms with E-state index in [1.165, 1.54) is 58.9 Å². The van der Waals surface area contributed by atoms with Crippen molar-refractivity contribution in [2.45, 2.75) is 96.3 Å². The van der Waals surface area contributed by atoms with Crippen molar-refractivity contribution in [3.05, 3.63) is 38.0 Å². The first-order valence-electron chi connectivity index (χ1n) is 20.2. The molecule has 0 amide bonds. The van der Waals surface area contributed by atoms with Gasteiger partial charge in [-0.2, -0.15) is 0 Å². The van der Waals surface area contributed by atoms with Crippen LogP contribution in [0.5, 0.6) is 0 Å². The summed E-state index contributed by atoms with van der Waals surface area (Å²) in [6.45, 7) is 21.6. The normalized spacial score (nSPS) is 45.4. The minimum Gasteiger partial charge on any atom is -0.463 e. The number of fused-ring (bicyclic) bond motifs is 8. The van der Waals surface area contributed by atoms with E-state index in [0.717, 1.165) is 18.2 Å². The van der Waals surface area contributed by atoms with Gasteiger partial charge in [-0.05, 0) is 19.3 Å². The van der Waals surface area contributed by atoms with Gasteiger partial charge in [0.2, 0.25) is 0 Å². The largest absolute Gasteiger partial charge is 0.480 e. The lowest BCUT2D eigenvalue weighted by Gasteiger charge is -2.57. The van der Waals surface area contributed by atoms with E-state index in [-0.39, 0.29) is 57.2 Å². The maximum absolute atomic E-state index is 12.2. The number of rotatable bonds is 15. The second kappa shape index (κ2) is 19.9. The zero-order valence-electron chi connectivity index (χ0n) is 37.5. The van der Waals surface area contributed by atoms with Crippen LogP contribution < -0.4 is 0 Å². The van der Waals surface area contributed by atoms with Crippen molar-refractivity contribution < 1.29 is 114 Å². The molecule has 5 heterocycles. The minimum atomic E-state index is -4.73. The maximum atomic E-state index is 12.2. The molecule has 0 aromatic rings. The summed E-state index contributed by atoms with van der Waals surface area (Å²) < 4.78 is 122. The SMILES string of the molecule is C=CC(=O)OCCC[Si]12O[Si]3(C)O[Si]4(CCCOC(=O)C=C)O[Si@]5(C)O[Si@@](C)(O)O[Si@](C)(O)O[Si@@](C)(O5)O[Si@@](C)(O4)O[Si@@](CCCOC(=O)C=C)(O3)O[Si@](C)(O[Si](C)(O)O[Si@@](C)(O)O1)O2. The minimum absolute atomic E-state index is 0.0153. The van der Waals surface area contributed by atoms with E-state index in [1.54, 1.807) is 0 Å². The molecule has 12 atom stereocenters. The molecule has 38 heteroatoms. The molecular weight excluding hydrogens is 1080 g/mol. The fourth-order valence-corrected chi connectivity index (χ4v) is 67.8. The summed E-state index contributed by atoms with van der Waals surface area (Å²) in [7, 11) is -54.5. The van der Waals surface area contributed by atoms with E-state index in [1.807, 2.05) is 0 Å². The molecule has 5 fully saturated rings. The molecule has 5 aliphatic heterocycles. The summed E-state index contributed by atoms with van der Waals surface area (Å²) in [6.07, 6.45) is 2.88. The van der Waals surface area contributed by atoms with Gasteiger partial charge in [-0.15, -0.1) is 0 Å². The fourth-order valence-electron chi connectivity index (χ4n) is 7.56. The molecule has 26 nitrogen and oxygen atoms in total. The Morgan fingerprint density at radius 2 is 0.585 bits per heavy atom. The Morgan fingerprint density at radius 3 is 0.877 bits per heavy atom. The van der Waals surface area contributed by atoms with Gasteiger partial charge in [-0.25, -0.2) is 14.4 Å². The van der Waals surface area contributed by atoms with Crippen molar-refractivity contribution in [1.82, 2.24) is 0 Å². The molecule has 0 aromatic carbocycles. The number of esters is 3. The summed E-state index contributed by atoms with van der Waals surface area (Å²) in [5.41, 5.74) is 0. The lowest BCUT2D eigenvalue weighted by Crippen LogP contribution is -2.83. The lowest BCUT2D eigenvalue weighted by atomic mass is 10.5. The van der Waals surface area contributed by atoms with Crippen LogP contribution in [-0.4, -0.2) is 163 Å². The van der Waals surface area contributed by atoms with Crippen molar-refractivity contribution in [2.24, 2.45) is 0 Å². The van der Waals surface area contributed by atoms with Crippen LogP contribution in [0.15, 0.2) is 38.0 Å². The fraction of sp³-hybridized carbons (Fsp3) is 0.667. The topological polar surface area (TPSA) is 308 Å². The van der Waals surface area contributed by atoms with E-state index < -0.39 is 124 Å². The van der Waals surface area contributed by atoms with E-state index in [4.69, 9.17) is 80.1 Å². The molecule has 5 saturated heterocycles. The van der Waals surface area contributed by atoms with Gasteiger partial charge in [0.1, 0.15) is 0 Å². The highest BCUT2D eigenvalue weighted by atomic mass is 28.6. The molecule has 8 bridgehead atoms. The molecule has 65 heavy (non-hydrogen) atoms. The standard InChI is InChI=1S/C27H58O26Si12/c1-13-25(28)35-19-16-22-63-43-57(7,34)39-56(6,33)42-60(10,47-63)48-65(24-18-21-37-27(30)15-3)50-61(11)45-58(8)40-54(4,31)38-55(5,32)41-59(9,44-58)46-64(49-61,52-62(12,51-63)53-65)23-17-20-36-26(29)14-2/h13-15,31-34H,1-3,16-24H2,4-12H3/t54-,55-,56?,57+,58-,59+,60+,61-,62?,63?,64?,65-/m0/s1. The third-order valence-corrected chi connectivity index (χ3v) is 57.3. The Bertz CT molecular complexity index is 1810. The van der Waals surface area contributed by atoms with Crippen LogP contribution in [0, 0.1) is 0 Å². The molecule has 4 unspecified atom stereocenters. The van der Waals surface area contributed by atoms with Crippen molar-refractivity contribution in [2.75, 3.05) is 19.8 Å². The van der Waals surface area contributed by atoms with Crippen LogP contribution in [0.1, 0.15) is 19.3 Å². The predicted molar refractivity (Wildman–Crippen MR) is 240 cm³/mol. The molecule has 370 valence electrons. The van der Waals surface area contributed by atoms with Gasteiger partial charge < -0.3 is 99.2 Å². The average molecular weight is 1140 g/mol. The van der Waals surface area contributed by atoms with E-state index in [9.17, 15) is 33.6 Å². The second-order valence-corrected chi connectivity index (χ2v) is 50.5. The van der Waals surface area contributed by atoms with Gasteiger partial charge in [0.15, 0.2) is 0 Å². The molecule has 0 aliphatic carbocycles. The van der Waals surface area contributed by atoms with E-state index >= 15 is 0 Å². The number of carbonyl (C=O) groups is 3. The van der Waals surface area contributed by atoms with Gasteiger partial charge >= 0.3 is 124 Å². The van der Waals surface area contributed by atoms with Crippen LogP contribution >= 0.6 is 0 Å². The quantitative estimate of drug-likeness (QED) is 0.0573. The first kappa shape index (κ1) is 55.4. The number of hydrogen-bond acceptors (Lipinski definition) is 26. The molecule has 0 radical (unpaired) electrons. The molecule has 0 aromatic heterocycles. The summed E-state index contributed by atoms with van der Waals surface area (Å²) in [4.78, 5) is 82.6. The highest BCUT2D eigenvalue weighted by molar-refractivity contribution is 7.00. The zero-order valence-corrected chi connectivity index (χ0v) is 49.5.